The highest BCUT2D eigenvalue weighted by Gasteiger charge is 2.54. The molecule has 3 rings (SSSR count). The molecule has 3 fully saturated rings. The van der Waals surface area contributed by atoms with E-state index >= 15 is 0 Å². The van der Waals surface area contributed by atoms with Crippen molar-refractivity contribution >= 4 is 18.3 Å². The Hall–Kier alpha value is -2.55. The number of carbonyl (C=O) groups excluding carboxylic acids is 3. The number of hydrogen-bond donors (Lipinski definition) is 9. The average Bonchev–Trinajstić information content (AvgIpc) is 3.03. The molecular formula is C38H70N4O14. The second kappa shape index (κ2) is 19.9. The first-order valence-electron chi connectivity index (χ1n) is 19.8. The summed E-state index contributed by atoms with van der Waals surface area (Å²) in [5.41, 5.74) is -2.34. The van der Waals surface area contributed by atoms with Gasteiger partial charge in [0.25, 0.3) is 0 Å². The fourth-order valence-corrected chi connectivity index (χ4v) is 7.45. The molecule has 0 aromatic carbocycles. The van der Waals surface area contributed by atoms with E-state index in [0.717, 1.165) is 0 Å². The lowest BCUT2D eigenvalue weighted by atomic mass is 9.69. The van der Waals surface area contributed by atoms with Crippen LogP contribution >= 0.6 is 0 Å². The van der Waals surface area contributed by atoms with Gasteiger partial charge in [-0.2, -0.15) is 0 Å². The summed E-state index contributed by atoms with van der Waals surface area (Å²) in [6.45, 7) is 19.2. The third-order valence-corrected chi connectivity index (χ3v) is 9.81. The predicted octanol–water partition coefficient (Wildman–Crippen LogP) is 1.42. The highest BCUT2D eigenvalue weighted by molar-refractivity contribution is 5.69. The summed E-state index contributed by atoms with van der Waals surface area (Å²) in [5, 5.41) is 67.3. The van der Waals surface area contributed by atoms with Crippen LogP contribution in [0.4, 0.5) is 14.4 Å². The van der Waals surface area contributed by atoms with Gasteiger partial charge < -0.3 is 75.2 Å². The standard InChI is InChI=1S/C38H70N4O14/c1-12-23-22(44)17-21(39-14-13-15-40-33(48)54-36(3,4)5)31(51-23)25-20(41-34(49)55-37(6,7)8)16-19(2)30(28(25)46)53-32-29(47)26(27(45)24(18-43)52-32)42-35(50)56-38(9,10)11/h19-32,39,43-47H,12-18H2,1-11H3,(H,40,48)(H,41,49)(H,42,50). The van der Waals surface area contributed by atoms with E-state index in [1.807, 2.05) is 6.92 Å². The van der Waals surface area contributed by atoms with E-state index in [1.54, 1.807) is 69.2 Å². The molecule has 9 N–H and O–H groups in total. The molecule has 3 amide bonds. The minimum Gasteiger partial charge on any atom is -0.444 e. The monoisotopic (exact) mass is 806 g/mol. The summed E-state index contributed by atoms with van der Waals surface area (Å²) in [4.78, 5) is 38.1. The molecule has 2 aliphatic heterocycles. The summed E-state index contributed by atoms with van der Waals surface area (Å²) in [5.74, 6) is -1.34. The van der Waals surface area contributed by atoms with Gasteiger partial charge >= 0.3 is 18.3 Å². The summed E-state index contributed by atoms with van der Waals surface area (Å²) in [6.07, 6.45) is -11.3. The first-order valence-corrected chi connectivity index (χ1v) is 19.8. The van der Waals surface area contributed by atoms with Crippen molar-refractivity contribution in [3.63, 3.8) is 0 Å². The van der Waals surface area contributed by atoms with Gasteiger partial charge in [-0.1, -0.05) is 13.8 Å². The molecule has 18 nitrogen and oxygen atoms in total. The van der Waals surface area contributed by atoms with Crippen molar-refractivity contribution in [1.29, 1.82) is 0 Å². The van der Waals surface area contributed by atoms with Crippen molar-refractivity contribution in [2.24, 2.45) is 11.8 Å². The molecule has 0 spiro atoms. The average molecular weight is 807 g/mol. The van der Waals surface area contributed by atoms with Gasteiger partial charge in [-0.15, -0.1) is 0 Å². The van der Waals surface area contributed by atoms with Crippen LogP contribution < -0.4 is 21.3 Å². The van der Waals surface area contributed by atoms with Crippen LogP contribution in [-0.2, 0) is 28.4 Å². The van der Waals surface area contributed by atoms with Crippen molar-refractivity contribution in [3.05, 3.63) is 0 Å². The van der Waals surface area contributed by atoms with Gasteiger partial charge in [0.2, 0.25) is 0 Å². The molecule has 1 saturated carbocycles. The summed E-state index contributed by atoms with van der Waals surface area (Å²) >= 11 is 0. The Morgan fingerprint density at radius 3 is 1.84 bits per heavy atom. The van der Waals surface area contributed by atoms with Gasteiger partial charge in [-0.05, 0) is 100 Å². The number of nitrogens with one attached hydrogen (secondary N) is 4. The van der Waals surface area contributed by atoms with E-state index in [2.05, 4.69) is 21.3 Å². The molecule has 18 heteroatoms. The van der Waals surface area contributed by atoms with Gasteiger partial charge in [0.1, 0.15) is 35.1 Å². The smallest absolute Gasteiger partial charge is 0.408 e. The molecule has 56 heavy (non-hydrogen) atoms. The van der Waals surface area contributed by atoms with Crippen LogP contribution in [0.5, 0.6) is 0 Å². The minimum atomic E-state index is -1.66. The zero-order chi connectivity index (χ0) is 42.3. The number of alkyl carbamates (subject to hydrolysis) is 3. The molecular weight excluding hydrogens is 736 g/mol. The van der Waals surface area contributed by atoms with E-state index in [-0.39, 0.29) is 12.8 Å². The largest absolute Gasteiger partial charge is 0.444 e. The van der Waals surface area contributed by atoms with E-state index in [9.17, 15) is 39.9 Å². The van der Waals surface area contributed by atoms with Gasteiger partial charge in [0.15, 0.2) is 6.29 Å². The topological polar surface area (TPSA) is 256 Å². The number of rotatable bonds is 12. The van der Waals surface area contributed by atoms with Crippen molar-refractivity contribution in [2.45, 2.75) is 192 Å². The molecule has 0 aromatic heterocycles. The zero-order valence-corrected chi connectivity index (χ0v) is 34.9. The molecule has 0 radical (unpaired) electrons. The van der Waals surface area contributed by atoms with Crippen LogP contribution in [0.1, 0.15) is 102 Å². The van der Waals surface area contributed by atoms with Crippen molar-refractivity contribution in [2.75, 3.05) is 19.7 Å². The molecule has 14 atom stereocenters. The van der Waals surface area contributed by atoms with Crippen molar-refractivity contribution in [1.82, 2.24) is 21.3 Å². The Balaban J connectivity index is 1.91. The highest BCUT2D eigenvalue weighted by Crippen LogP contribution is 2.40. The zero-order valence-electron chi connectivity index (χ0n) is 34.9. The fraction of sp³-hybridized carbons (Fsp3) is 0.921. The number of aliphatic hydroxyl groups excluding tert-OH is 5. The minimum absolute atomic E-state index is 0.255. The molecule has 0 aromatic rings. The van der Waals surface area contributed by atoms with E-state index in [1.165, 1.54) is 0 Å². The lowest BCUT2D eigenvalue weighted by molar-refractivity contribution is -0.312. The Labute approximate surface area is 331 Å². The van der Waals surface area contributed by atoms with Crippen LogP contribution in [-0.4, -0.2) is 154 Å². The molecule has 0 bridgehead atoms. The van der Waals surface area contributed by atoms with Crippen LogP contribution in [0.25, 0.3) is 0 Å². The molecule has 3 aliphatic rings. The highest BCUT2D eigenvalue weighted by atomic mass is 16.7. The lowest BCUT2D eigenvalue weighted by Gasteiger charge is -2.52. The van der Waals surface area contributed by atoms with Gasteiger partial charge in [0, 0.05) is 24.5 Å². The number of carbonyl (C=O) groups is 3. The van der Waals surface area contributed by atoms with Crippen LogP contribution in [0.2, 0.25) is 0 Å². The van der Waals surface area contributed by atoms with Gasteiger partial charge in [0.05, 0.1) is 43.2 Å². The van der Waals surface area contributed by atoms with Crippen molar-refractivity contribution < 1.29 is 68.3 Å². The number of ether oxygens (including phenoxy) is 6. The maximum atomic E-state index is 13.2. The maximum absolute atomic E-state index is 13.2. The Kier molecular flexibility index (Phi) is 17.0. The lowest BCUT2D eigenvalue weighted by Crippen LogP contribution is -2.68. The molecule has 14 unspecified atom stereocenters. The van der Waals surface area contributed by atoms with Gasteiger partial charge in [-0.3, -0.25) is 0 Å². The second-order valence-electron chi connectivity index (χ2n) is 18.2. The molecule has 1 aliphatic carbocycles. The first kappa shape index (κ1) is 47.8. The number of amides is 3. The normalized spacial score (nSPS) is 35.6. The molecule has 2 saturated heterocycles. The summed E-state index contributed by atoms with van der Waals surface area (Å²) in [7, 11) is 0. The van der Waals surface area contributed by atoms with Crippen molar-refractivity contribution in [3.8, 4) is 0 Å². The summed E-state index contributed by atoms with van der Waals surface area (Å²) < 4.78 is 34.9. The Morgan fingerprint density at radius 2 is 1.29 bits per heavy atom. The van der Waals surface area contributed by atoms with E-state index in [0.29, 0.717) is 25.9 Å². The van der Waals surface area contributed by atoms with Gasteiger partial charge in [-0.25, -0.2) is 14.4 Å². The van der Waals surface area contributed by atoms with E-state index in [4.69, 9.17) is 28.4 Å². The van der Waals surface area contributed by atoms with Crippen LogP contribution in [0.3, 0.4) is 0 Å². The molecule has 326 valence electrons. The Morgan fingerprint density at radius 1 is 0.714 bits per heavy atom. The SMILES string of the molecule is CCC1OC(C2C(NC(=O)OC(C)(C)C)CC(C)C(OC3OC(CO)C(O)C(NC(=O)OC(C)(C)C)C3O)C2O)C(NCCCNC(=O)OC(C)(C)C)CC1O. The Bertz CT molecular complexity index is 1270. The second-order valence-corrected chi connectivity index (χ2v) is 18.2. The van der Waals surface area contributed by atoms with E-state index < -0.39 is 127 Å². The van der Waals surface area contributed by atoms with Crippen LogP contribution in [0, 0.1) is 11.8 Å². The first-order chi connectivity index (χ1) is 25.8. The third kappa shape index (κ3) is 14.1. The van der Waals surface area contributed by atoms with Crippen LogP contribution in [0.15, 0.2) is 0 Å². The quantitative estimate of drug-likeness (QED) is 0.0999. The number of aliphatic hydroxyl groups is 5. The predicted molar refractivity (Wildman–Crippen MR) is 202 cm³/mol. The summed E-state index contributed by atoms with van der Waals surface area (Å²) in [6, 6.07) is -2.61. The number of hydrogen-bond acceptors (Lipinski definition) is 15. The maximum Gasteiger partial charge on any atom is 0.408 e. The fourth-order valence-electron chi connectivity index (χ4n) is 7.45. The molecule has 2 heterocycles. The third-order valence-electron chi connectivity index (χ3n) is 9.81.